The summed E-state index contributed by atoms with van der Waals surface area (Å²) in [5.41, 5.74) is 10.4. The van der Waals surface area contributed by atoms with Gasteiger partial charge in [-0.3, -0.25) is 5.43 Å². The lowest BCUT2D eigenvalue weighted by Crippen LogP contribution is -1.98. The number of nitrogens with two attached hydrogens (primary N) is 1. The Hall–Kier alpha value is -2.52. The second kappa shape index (κ2) is 7.31. The molecule has 21 heavy (non-hydrogen) atoms. The molecule has 3 N–H and O–H groups in total. The van der Waals surface area contributed by atoms with E-state index in [1.165, 1.54) is 11.3 Å². The summed E-state index contributed by atoms with van der Waals surface area (Å²) in [5, 5.41) is 6.55. The highest BCUT2D eigenvalue weighted by atomic mass is 32.1. The fraction of sp³-hybridized carbons (Fsp3) is 0.200. The lowest BCUT2D eigenvalue weighted by Gasteiger charge is -2.08. The average Bonchev–Trinajstić information content (AvgIpc) is 2.91. The number of thiazole rings is 1. The van der Waals surface area contributed by atoms with Gasteiger partial charge in [-0.15, -0.1) is 17.8 Å². The highest BCUT2D eigenvalue weighted by molar-refractivity contribution is 7.14. The van der Waals surface area contributed by atoms with Crippen molar-refractivity contribution < 1.29 is 4.74 Å². The van der Waals surface area contributed by atoms with Crippen molar-refractivity contribution in [3.8, 4) is 18.1 Å². The fourth-order valence-electron chi connectivity index (χ4n) is 1.72. The van der Waals surface area contributed by atoms with Crippen molar-refractivity contribution in [2.75, 3.05) is 17.8 Å². The minimum atomic E-state index is 0.271. The largest absolute Gasteiger partial charge is 0.481 e. The first kappa shape index (κ1) is 14.9. The Labute approximate surface area is 127 Å². The van der Waals surface area contributed by atoms with Crippen molar-refractivity contribution >= 4 is 28.5 Å². The van der Waals surface area contributed by atoms with Crippen LogP contribution in [-0.4, -0.2) is 17.8 Å². The number of aromatic nitrogens is 1. The van der Waals surface area contributed by atoms with Crippen molar-refractivity contribution in [1.82, 2.24) is 4.98 Å². The second-order valence-electron chi connectivity index (χ2n) is 4.16. The van der Waals surface area contributed by atoms with Crippen LogP contribution in [-0.2, 0) is 6.42 Å². The minimum absolute atomic E-state index is 0.271. The van der Waals surface area contributed by atoms with Crippen LogP contribution in [0.25, 0.3) is 0 Å². The summed E-state index contributed by atoms with van der Waals surface area (Å²) >= 11 is 1.40. The van der Waals surface area contributed by atoms with Crippen molar-refractivity contribution in [2.45, 2.75) is 13.3 Å². The normalized spacial score (nSPS) is 10.5. The van der Waals surface area contributed by atoms with E-state index < -0.39 is 0 Å². The van der Waals surface area contributed by atoms with Gasteiger partial charge in [-0.05, 0) is 35.7 Å². The third kappa shape index (κ3) is 4.23. The second-order valence-corrected chi connectivity index (χ2v) is 5.02. The lowest BCUT2D eigenvalue weighted by atomic mass is 10.1. The van der Waals surface area contributed by atoms with E-state index in [0.29, 0.717) is 10.9 Å². The number of hydrazone groups is 1. The third-order valence-electron chi connectivity index (χ3n) is 2.67. The molecule has 5 nitrogen and oxygen atoms in total. The lowest BCUT2D eigenvalue weighted by molar-refractivity contribution is 0.366. The number of ether oxygens (including phenoxy) is 1. The molecule has 0 aliphatic rings. The number of nitrogen functional groups attached to an aromatic ring is 1. The predicted octanol–water partition coefficient (Wildman–Crippen LogP) is 2.75. The van der Waals surface area contributed by atoms with E-state index in [1.807, 2.05) is 18.2 Å². The summed E-state index contributed by atoms with van der Waals surface area (Å²) < 4.78 is 5.49. The summed E-state index contributed by atoms with van der Waals surface area (Å²) in [6, 6.07) is 5.85. The van der Waals surface area contributed by atoms with E-state index in [0.717, 1.165) is 23.3 Å². The average molecular weight is 300 g/mol. The number of hydrogen-bond donors (Lipinski definition) is 2. The Morgan fingerprint density at radius 3 is 3.10 bits per heavy atom. The van der Waals surface area contributed by atoms with E-state index in [4.69, 9.17) is 16.9 Å². The van der Waals surface area contributed by atoms with Crippen molar-refractivity contribution in [3.05, 3.63) is 34.7 Å². The molecule has 0 unspecified atom stereocenters. The molecule has 0 amide bonds. The highest BCUT2D eigenvalue weighted by Crippen LogP contribution is 2.20. The summed E-state index contributed by atoms with van der Waals surface area (Å²) in [4.78, 5) is 4.06. The molecule has 0 aliphatic heterocycles. The molecule has 1 aromatic heterocycles. The van der Waals surface area contributed by atoms with Crippen LogP contribution >= 0.6 is 11.3 Å². The fourth-order valence-corrected chi connectivity index (χ4v) is 2.26. The number of anilines is 2. The molecular weight excluding hydrogens is 284 g/mol. The molecule has 2 aromatic rings. The molecule has 0 saturated carbocycles. The van der Waals surface area contributed by atoms with Gasteiger partial charge < -0.3 is 10.5 Å². The molecule has 2 rings (SSSR count). The molecular formula is C15H16N4OS. The van der Waals surface area contributed by atoms with Crippen LogP contribution < -0.4 is 15.9 Å². The Bertz CT molecular complexity index is 673. The topological polar surface area (TPSA) is 72.5 Å². The van der Waals surface area contributed by atoms with Gasteiger partial charge >= 0.3 is 0 Å². The number of benzene rings is 1. The van der Waals surface area contributed by atoms with Gasteiger partial charge in [0.15, 0.2) is 0 Å². The van der Waals surface area contributed by atoms with E-state index >= 15 is 0 Å². The van der Waals surface area contributed by atoms with Gasteiger partial charge in [-0.25, -0.2) is 4.98 Å². The molecule has 0 radical (unpaired) electrons. The van der Waals surface area contributed by atoms with E-state index in [9.17, 15) is 0 Å². The zero-order chi connectivity index (χ0) is 15.1. The quantitative estimate of drug-likeness (QED) is 0.489. The van der Waals surface area contributed by atoms with Crippen LogP contribution in [0.1, 0.15) is 18.1 Å². The number of terminal acetylenes is 1. The summed E-state index contributed by atoms with van der Waals surface area (Å²) in [6.07, 6.45) is 7.79. The molecule has 0 spiro atoms. The number of hydrogen-bond acceptors (Lipinski definition) is 6. The predicted molar refractivity (Wildman–Crippen MR) is 87.9 cm³/mol. The summed E-state index contributed by atoms with van der Waals surface area (Å²) in [5.74, 6) is 3.76. The van der Waals surface area contributed by atoms with Crippen molar-refractivity contribution in [2.24, 2.45) is 5.10 Å². The Morgan fingerprint density at radius 2 is 2.43 bits per heavy atom. The highest BCUT2D eigenvalue weighted by Gasteiger charge is 2.02. The molecule has 0 atom stereocenters. The molecule has 1 aromatic carbocycles. The molecule has 0 bridgehead atoms. The molecule has 0 fully saturated rings. The van der Waals surface area contributed by atoms with Gasteiger partial charge in [-0.2, -0.15) is 5.10 Å². The van der Waals surface area contributed by atoms with Gasteiger partial charge in [-0.1, -0.05) is 12.8 Å². The van der Waals surface area contributed by atoms with Gasteiger partial charge in [0.1, 0.15) is 18.2 Å². The Kier molecular flexibility index (Phi) is 5.18. The minimum Gasteiger partial charge on any atom is -0.481 e. The zero-order valence-electron chi connectivity index (χ0n) is 11.7. The molecule has 0 aliphatic carbocycles. The zero-order valence-corrected chi connectivity index (χ0v) is 12.5. The SMILES string of the molecule is C#CCOc1ccc(C=NNc2nc(N)cs2)cc1CC. The summed E-state index contributed by atoms with van der Waals surface area (Å²) in [6.45, 7) is 2.34. The maximum atomic E-state index is 5.54. The molecule has 1 heterocycles. The monoisotopic (exact) mass is 300 g/mol. The first-order chi connectivity index (χ1) is 10.2. The molecule has 0 saturated heterocycles. The van der Waals surface area contributed by atoms with Crippen LogP contribution in [0.3, 0.4) is 0 Å². The first-order valence-corrected chi connectivity index (χ1v) is 7.30. The van der Waals surface area contributed by atoms with Gasteiger partial charge in [0.05, 0.1) is 6.21 Å². The smallest absolute Gasteiger partial charge is 0.205 e. The van der Waals surface area contributed by atoms with E-state index in [-0.39, 0.29) is 6.61 Å². The Balaban J connectivity index is 2.04. The van der Waals surface area contributed by atoms with Gasteiger partial charge in [0.2, 0.25) is 5.13 Å². The molecule has 108 valence electrons. The first-order valence-electron chi connectivity index (χ1n) is 6.42. The van der Waals surface area contributed by atoms with Crippen LogP contribution in [0.4, 0.5) is 10.9 Å². The number of aryl methyl sites for hydroxylation is 1. The Morgan fingerprint density at radius 1 is 1.57 bits per heavy atom. The van der Waals surface area contributed by atoms with Crippen LogP contribution in [0, 0.1) is 12.3 Å². The third-order valence-corrected chi connectivity index (χ3v) is 3.44. The van der Waals surface area contributed by atoms with Crippen molar-refractivity contribution in [1.29, 1.82) is 0 Å². The number of rotatable bonds is 6. The van der Waals surface area contributed by atoms with Crippen LogP contribution in [0.2, 0.25) is 0 Å². The van der Waals surface area contributed by atoms with E-state index in [1.54, 1.807) is 11.6 Å². The maximum absolute atomic E-state index is 5.54. The van der Waals surface area contributed by atoms with Crippen LogP contribution in [0.15, 0.2) is 28.7 Å². The number of nitrogens with zero attached hydrogens (tertiary/aromatic N) is 2. The van der Waals surface area contributed by atoms with Gasteiger partial charge in [0, 0.05) is 5.38 Å². The summed E-state index contributed by atoms with van der Waals surface area (Å²) in [7, 11) is 0. The van der Waals surface area contributed by atoms with Crippen molar-refractivity contribution in [3.63, 3.8) is 0 Å². The standard InChI is InChI=1S/C15H16N4OS/c1-3-7-20-13-6-5-11(8-12(13)4-2)9-17-19-15-18-14(16)10-21-15/h1,5-6,8-10H,4,7,16H2,2H3,(H,18,19). The van der Waals surface area contributed by atoms with Crippen LogP contribution in [0.5, 0.6) is 5.75 Å². The van der Waals surface area contributed by atoms with Gasteiger partial charge in [0.25, 0.3) is 0 Å². The number of nitrogens with one attached hydrogen (secondary N) is 1. The maximum Gasteiger partial charge on any atom is 0.205 e. The molecule has 6 heteroatoms. The van der Waals surface area contributed by atoms with E-state index in [2.05, 4.69) is 28.4 Å².